The Morgan fingerprint density at radius 3 is 2.46 bits per heavy atom. The number of carbonyl (C=O) groups excluding carboxylic acids is 1. The average molecular weight is 520 g/mol. The van der Waals surface area contributed by atoms with Crippen LogP contribution in [0.4, 0.5) is 4.79 Å². The molecule has 2 N–H and O–H groups in total. The molecular formula is C29H46N2O3S. The topological polar surface area (TPSA) is 69.6 Å². The summed E-state index contributed by atoms with van der Waals surface area (Å²) >= 11 is 1.10. The molecule has 1 aromatic rings. The average Bonchev–Trinajstić information content (AvgIpc) is 3.02. The van der Waals surface area contributed by atoms with Crippen LogP contribution < -0.4 is 5.32 Å². The number of amides is 2. The Hall–Kier alpha value is -1.69. The molecular weight excluding hydrogens is 456 g/mol. The maximum Gasteiger partial charge on any atom is 0.319 e. The first-order valence-electron chi connectivity index (χ1n) is 20.3. The van der Waals surface area contributed by atoms with E-state index >= 15 is 0 Å². The first-order valence-corrected chi connectivity index (χ1v) is 12.6. The van der Waals surface area contributed by atoms with E-state index in [1.807, 2.05) is 0 Å². The number of rotatable bonds is 12. The molecule has 2 aliphatic carbocycles. The minimum absolute atomic E-state index is 0.0559. The molecule has 0 saturated heterocycles. The molecule has 1 aromatic carbocycles. The Kier molecular flexibility index (Phi) is 5.14. The van der Waals surface area contributed by atoms with Crippen molar-refractivity contribution in [3.05, 3.63) is 29.8 Å². The van der Waals surface area contributed by atoms with Crippen LogP contribution in [-0.2, 0) is 11.2 Å². The minimum Gasteiger partial charge on any atom is -0.480 e. The molecule has 3 rings (SSSR count). The highest BCUT2D eigenvalue weighted by Crippen LogP contribution is 2.33. The van der Waals surface area contributed by atoms with Crippen LogP contribution in [0.2, 0.25) is 0 Å². The fourth-order valence-electron chi connectivity index (χ4n) is 3.65. The first-order chi connectivity index (χ1) is 23.2. The van der Waals surface area contributed by atoms with E-state index < -0.39 is 80.2 Å². The largest absolute Gasteiger partial charge is 0.480 e. The van der Waals surface area contributed by atoms with Gasteiger partial charge in [0.05, 0.1) is 0 Å². The lowest BCUT2D eigenvalue weighted by Crippen LogP contribution is -2.46. The van der Waals surface area contributed by atoms with E-state index in [1.165, 1.54) is 13.8 Å². The second kappa shape index (κ2) is 14.2. The number of thioether (sulfide) groups is 1. The minimum atomic E-state index is -4.45. The monoisotopic (exact) mass is 519 g/mol. The molecule has 0 aliphatic heterocycles. The lowest BCUT2D eigenvalue weighted by atomic mass is 9.86. The van der Waals surface area contributed by atoms with Gasteiger partial charge in [-0.05, 0) is 63.1 Å². The van der Waals surface area contributed by atoms with Crippen molar-refractivity contribution < 1.29 is 38.0 Å². The fourth-order valence-corrected chi connectivity index (χ4v) is 4.59. The van der Waals surface area contributed by atoms with E-state index in [2.05, 4.69) is 5.32 Å². The van der Waals surface area contributed by atoms with Crippen LogP contribution in [0, 0.1) is 5.89 Å². The molecule has 6 heteroatoms. The molecule has 35 heavy (non-hydrogen) atoms. The van der Waals surface area contributed by atoms with Crippen LogP contribution in [0.5, 0.6) is 0 Å². The van der Waals surface area contributed by atoms with E-state index in [0.29, 0.717) is 23.3 Å². The van der Waals surface area contributed by atoms with Crippen molar-refractivity contribution in [3.63, 3.8) is 0 Å². The maximum absolute atomic E-state index is 13.6. The Morgan fingerprint density at radius 2 is 1.80 bits per heavy atom. The predicted octanol–water partition coefficient (Wildman–Crippen LogP) is 7.28. The number of hydrogen-bond acceptors (Lipinski definition) is 3. The first kappa shape index (κ1) is 12.7. The predicted molar refractivity (Wildman–Crippen MR) is 145 cm³/mol. The van der Waals surface area contributed by atoms with Gasteiger partial charge in [-0.25, -0.2) is 4.79 Å². The molecule has 0 bridgehead atoms. The van der Waals surface area contributed by atoms with Crippen molar-refractivity contribution in [2.24, 2.45) is 5.89 Å². The van der Waals surface area contributed by atoms with Gasteiger partial charge in [-0.1, -0.05) is 76.0 Å². The van der Waals surface area contributed by atoms with Gasteiger partial charge < -0.3 is 15.3 Å². The molecule has 0 radical (unpaired) electrons. The van der Waals surface area contributed by atoms with Gasteiger partial charge in [-0.3, -0.25) is 4.79 Å². The maximum atomic E-state index is 13.6. The summed E-state index contributed by atoms with van der Waals surface area (Å²) in [5.74, 6) is -5.47. The third kappa shape index (κ3) is 9.70. The lowest BCUT2D eigenvalue weighted by molar-refractivity contribution is -0.138. The Balaban J connectivity index is 2.02. The normalized spacial score (nSPS) is 34.3. The molecule has 0 atom stereocenters. The molecule has 0 aromatic heterocycles. The summed E-state index contributed by atoms with van der Waals surface area (Å²) in [6, 6.07) is 5.48. The number of carboxylic acids is 1. The van der Waals surface area contributed by atoms with Crippen molar-refractivity contribution >= 4 is 23.8 Å². The summed E-state index contributed by atoms with van der Waals surface area (Å²) < 4.78 is 143. The summed E-state index contributed by atoms with van der Waals surface area (Å²) in [5.41, 5.74) is 0.610. The van der Waals surface area contributed by atoms with Gasteiger partial charge in [0, 0.05) is 47.3 Å². The van der Waals surface area contributed by atoms with Crippen LogP contribution in [0.1, 0.15) is 126 Å². The summed E-state index contributed by atoms with van der Waals surface area (Å²) in [6.07, 6.45) is -29.1. The van der Waals surface area contributed by atoms with Crippen molar-refractivity contribution in [1.29, 1.82) is 0 Å². The quantitative estimate of drug-likeness (QED) is 0.285. The van der Waals surface area contributed by atoms with Gasteiger partial charge in [0.15, 0.2) is 0 Å². The van der Waals surface area contributed by atoms with Crippen molar-refractivity contribution in [2.75, 3.05) is 13.1 Å². The second-order valence-corrected chi connectivity index (χ2v) is 10.6. The Morgan fingerprint density at radius 1 is 1.11 bits per heavy atom. The second-order valence-electron chi connectivity index (χ2n) is 8.94. The summed E-state index contributed by atoms with van der Waals surface area (Å²) in [6.45, 7) is 1.58. The highest BCUT2D eigenvalue weighted by Gasteiger charge is 2.28. The Bertz CT molecular complexity index is 1450. The standard InChI is InChI=1S/C29H46N2O3S/c1-29(2,27(32)33)35-26-18-16-24(17-19-26)20-22-31(28(34)30-25-14-7-4-8-15-25)21-10-9-13-23-11-5-3-6-12-23/h16-19,23,25H,3-15,20-22H2,1-2H3,(H,30,34)(H,32,33)/i3D2,5D2,6D2,9D2,10D2,11D2,12D2,13D2,23D. The van der Waals surface area contributed by atoms with Gasteiger partial charge in [0.25, 0.3) is 0 Å². The molecule has 2 amide bonds. The number of hydrogen-bond donors (Lipinski definition) is 2. The number of benzene rings is 1. The zero-order valence-corrected chi connectivity index (χ0v) is 21.0. The van der Waals surface area contributed by atoms with E-state index in [9.17, 15) is 14.7 Å². The molecule has 2 aliphatic rings. The number of carbonyl (C=O) groups is 2. The van der Waals surface area contributed by atoms with E-state index in [-0.39, 0.29) is 19.0 Å². The zero-order valence-electron chi connectivity index (χ0n) is 37.2. The van der Waals surface area contributed by atoms with Gasteiger partial charge >= 0.3 is 12.0 Å². The summed E-state index contributed by atoms with van der Waals surface area (Å²) in [7, 11) is 0. The van der Waals surface area contributed by atoms with Crippen LogP contribution in [0.25, 0.3) is 0 Å². The van der Waals surface area contributed by atoms with Crippen LogP contribution >= 0.6 is 11.8 Å². The number of nitrogens with zero attached hydrogens (tertiary/aromatic N) is 1. The Labute approximate surface area is 240 Å². The van der Waals surface area contributed by atoms with Gasteiger partial charge in [0.2, 0.25) is 0 Å². The van der Waals surface area contributed by atoms with Crippen molar-refractivity contribution in [3.8, 4) is 0 Å². The highest BCUT2D eigenvalue weighted by molar-refractivity contribution is 8.01. The SMILES string of the molecule is [2H]C([2H])(CN(CCc1ccc(SC(C)(C)C(=O)O)cc1)C(=O)NC1CCCCC1)C([2H])([2H])C([2H])([2H])C1([2H])C([2H])([2H])C([2H])([2H])C([2H])([2H])C([2H])([2H])C1([2H])[2H]. The number of carboxylic acid groups (broad SMARTS) is 1. The van der Waals surface area contributed by atoms with Crippen molar-refractivity contribution in [2.45, 2.75) is 119 Å². The molecule has 0 spiro atoms. The summed E-state index contributed by atoms with van der Waals surface area (Å²) in [4.78, 5) is 26.7. The molecule has 196 valence electrons. The van der Waals surface area contributed by atoms with Gasteiger partial charge in [-0.2, -0.15) is 0 Å². The number of aliphatic carboxylic acids is 1. The smallest absolute Gasteiger partial charge is 0.319 e. The molecule has 2 fully saturated rings. The summed E-state index contributed by atoms with van der Waals surface area (Å²) in [5, 5.41) is 12.2. The molecule has 2 saturated carbocycles. The molecule has 5 nitrogen and oxygen atoms in total. The lowest BCUT2D eigenvalue weighted by Gasteiger charge is -2.29. The van der Waals surface area contributed by atoms with E-state index in [4.69, 9.17) is 23.3 Å². The molecule has 0 unspecified atom stereocenters. The highest BCUT2D eigenvalue weighted by atomic mass is 32.2. The number of nitrogens with one attached hydrogen (secondary N) is 1. The van der Waals surface area contributed by atoms with Gasteiger partial charge in [0.1, 0.15) is 4.75 Å². The van der Waals surface area contributed by atoms with Crippen LogP contribution in [0.15, 0.2) is 29.2 Å². The van der Waals surface area contributed by atoms with Crippen molar-refractivity contribution in [1.82, 2.24) is 10.2 Å². The molecule has 0 heterocycles. The van der Waals surface area contributed by atoms with E-state index in [1.54, 1.807) is 24.3 Å². The van der Waals surface area contributed by atoms with Gasteiger partial charge in [-0.15, -0.1) is 11.8 Å². The van der Waals surface area contributed by atoms with Crippen LogP contribution in [-0.4, -0.2) is 45.9 Å². The fraction of sp³-hybridized carbons (Fsp3) is 0.724. The van der Waals surface area contributed by atoms with Crippen LogP contribution in [0.3, 0.4) is 0 Å². The number of urea groups is 1. The third-order valence-corrected chi connectivity index (χ3v) is 6.94. The van der Waals surface area contributed by atoms with E-state index in [0.717, 1.165) is 35.9 Å². The third-order valence-electron chi connectivity index (χ3n) is 5.75. The zero-order chi connectivity index (χ0) is 40.4.